The number of phenolic OH excluding ortho intramolecular Hbond substituents is 1. The number of anilines is 1. The average molecular weight is 222 g/mol. The molecule has 0 atom stereocenters. The number of fused-ring (bicyclic) bond motifs is 1. The van der Waals surface area contributed by atoms with Crippen LogP contribution in [0.1, 0.15) is 11.1 Å². The second-order valence-electron chi connectivity index (χ2n) is 3.18. The van der Waals surface area contributed by atoms with Crippen molar-refractivity contribution >= 4 is 26.4 Å². The van der Waals surface area contributed by atoms with Crippen LogP contribution in [0.2, 0.25) is 0 Å². The fourth-order valence-electron chi connectivity index (χ4n) is 1.55. The van der Waals surface area contributed by atoms with Gasteiger partial charge >= 0.3 is 0 Å². The van der Waals surface area contributed by atoms with Gasteiger partial charge in [0.25, 0.3) is 0 Å². The quantitative estimate of drug-likeness (QED) is 0.719. The summed E-state index contributed by atoms with van der Waals surface area (Å²) in [6, 6.07) is 3.24. The van der Waals surface area contributed by atoms with Crippen LogP contribution in [0.25, 0.3) is 10.1 Å². The molecule has 1 aromatic heterocycles. The van der Waals surface area contributed by atoms with E-state index in [0.29, 0.717) is 10.9 Å². The van der Waals surface area contributed by atoms with Crippen LogP contribution in [0.4, 0.5) is 9.39 Å². The number of aryl methyl sites for hydroxylation is 1. The van der Waals surface area contributed by atoms with E-state index in [-0.39, 0.29) is 15.3 Å². The normalized spacial score (nSPS) is 10.5. The number of hydrogen-bond acceptors (Lipinski definition) is 4. The third kappa shape index (κ3) is 1.22. The van der Waals surface area contributed by atoms with Crippen LogP contribution in [0.15, 0.2) is 6.07 Å². The first-order valence-electron chi connectivity index (χ1n) is 4.16. The van der Waals surface area contributed by atoms with Crippen LogP contribution in [-0.2, 0) is 0 Å². The molecule has 0 spiro atoms. The molecule has 2 aromatic rings. The SMILES string of the molecule is Cc1cc(O)c(F)c2sc(N)c(C#N)c12. The first-order chi connectivity index (χ1) is 7.06. The minimum atomic E-state index is -0.714. The molecule has 0 radical (unpaired) electrons. The number of thiophene rings is 1. The van der Waals surface area contributed by atoms with Crippen LogP contribution < -0.4 is 5.73 Å². The van der Waals surface area contributed by atoms with Crippen molar-refractivity contribution in [3.8, 4) is 11.8 Å². The maximum atomic E-state index is 13.5. The van der Waals surface area contributed by atoms with Gasteiger partial charge in [0.05, 0.1) is 10.3 Å². The van der Waals surface area contributed by atoms with Crippen LogP contribution in [-0.4, -0.2) is 5.11 Å². The molecular formula is C10H7FN2OS. The predicted molar refractivity (Wildman–Crippen MR) is 57.3 cm³/mol. The van der Waals surface area contributed by atoms with E-state index in [9.17, 15) is 9.50 Å². The van der Waals surface area contributed by atoms with Gasteiger partial charge in [-0.3, -0.25) is 0 Å². The molecule has 1 aromatic carbocycles. The van der Waals surface area contributed by atoms with E-state index < -0.39 is 11.6 Å². The van der Waals surface area contributed by atoms with E-state index in [4.69, 9.17) is 11.0 Å². The van der Waals surface area contributed by atoms with Gasteiger partial charge in [-0.1, -0.05) is 0 Å². The van der Waals surface area contributed by atoms with Crippen molar-refractivity contribution in [2.45, 2.75) is 6.92 Å². The smallest absolute Gasteiger partial charge is 0.182 e. The van der Waals surface area contributed by atoms with Crippen molar-refractivity contribution in [3.63, 3.8) is 0 Å². The minimum absolute atomic E-state index is 0.238. The van der Waals surface area contributed by atoms with Gasteiger partial charge in [-0.2, -0.15) is 5.26 Å². The Morgan fingerprint density at radius 3 is 2.87 bits per heavy atom. The maximum absolute atomic E-state index is 13.5. The maximum Gasteiger partial charge on any atom is 0.182 e. The fourth-order valence-corrected chi connectivity index (χ4v) is 2.58. The van der Waals surface area contributed by atoms with E-state index in [1.807, 2.05) is 6.07 Å². The van der Waals surface area contributed by atoms with Crippen molar-refractivity contribution in [2.24, 2.45) is 0 Å². The standard InChI is InChI=1S/C10H7FN2OS/c1-4-2-6(14)8(11)9-7(4)5(3-12)10(13)15-9/h2,14H,13H2,1H3. The highest BCUT2D eigenvalue weighted by molar-refractivity contribution is 7.23. The number of nitriles is 1. The van der Waals surface area contributed by atoms with Crippen LogP contribution in [0, 0.1) is 24.1 Å². The summed E-state index contributed by atoms with van der Waals surface area (Å²) in [4.78, 5) is 0. The Labute approximate surface area is 89.2 Å². The first kappa shape index (κ1) is 9.74. The van der Waals surface area contributed by atoms with E-state index >= 15 is 0 Å². The van der Waals surface area contributed by atoms with Crippen LogP contribution in [0.5, 0.6) is 5.75 Å². The highest BCUT2D eigenvalue weighted by Crippen LogP contribution is 2.39. The number of benzene rings is 1. The van der Waals surface area contributed by atoms with Gasteiger partial charge in [0.15, 0.2) is 11.6 Å². The van der Waals surface area contributed by atoms with E-state index in [1.54, 1.807) is 6.92 Å². The second-order valence-corrected chi connectivity index (χ2v) is 4.24. The largest absolute Gasteiger partial charge is 0.505 e. The summed E-state index contributed by atoms with van der Waals surface area (Å²) in [6.45, 7) is 1.70. The van der Waals surface area contributed by atoms with Gasteiger partial charge in [0, 0.05) is 5.39 Å². The number of hydrogen-bond donors (Lipinski definition) is 2. The molecule has 15 heavy (non-hydrogen) atoms. The summed E-state index contributed by atoms with van der Waals surface area (Å²) in [5, 5.41) is 18.9. The summed E-state index contributed by atoms with van der Waals surface area (Å²) in [6.07, 6.45) is 0. The Kier molecular flexibility index (Phi) is 2.02. The molecule has 0 aliphatic rings. The summed E-state index contributed by atoms with van der Waals surface area (Å²) < 4.78 is 13.7. The molecule has 0 aliphatic heterocycles. The fraction of sp³-hybridized carbons (Fsp3) is 0.100. The Bertz CT molecular complexity index is 598. The zero-order chi connectivity index (χ0) is 11.2. The predicted octanol–water partition coefficient (Wildman–Crippen LogP) is 2.51. The van der Waals surface area contributed by atoms with Crippen molar-refractivity contribution in [2.75, 3.05) is 5.73 Å². The number of halogens is 1. The van der Waals surface area contributed by atoms with Gasteiger partial charge in [0.2, 0.25) is 0 Å². The number of aromatic hydroxyl groups is 1. The number of rotatable bonds is 0. The van der Waals surface area contributed by atoms with Gasteiger partial charge in [0.1, 0.15) is 11.1 Å². The van der Waals surface area contributed by atoms with Crippen molar-refractivity contribution in [1.82, 2.24) is 0 Å². The molecule has 0 fully saturated rings. The van der Waals surface area contributed by atoms with Crippen molar-refractivity contribution in [1.29, 1.82) is 5.26 Å². The van der Waals surface area contributed by atoms with E-state index in [2.05, 4.69) is 0 Å². The third-order valence-corrected chi connectivity index (χ3v) is 3.23. The topological polar surface area (TPSA) is 70.0 Å². The molecule has 3 N–H and O–H groups in total. The molecule has 1 heterocycles. The zero-order valence-electron chi connectivity index (χ0n) is 7.84. The lowest BCUT2D eigenvalue weighted by Crippen LogP contribution is -1.85. The lowest BCUT2D eigenvalue weighted by Gasteiger charge is -2.00. The number of nitrogens with two attached hydrogens (primary N) is 1. The average Bonchev–Trinajstić information content (AvgIpc) is 2.52. The van der Waals surface area contributed by atoms with Gasteiger partial charge in [-0.25, -0.2) is 4.39 Å². The monoisotopic (exact) mass is 222 g/mol. The summed E-state index contributed by atoms with van der Waals surface area (Å²) in [7, 11) is 0. The molecule has 5 heteroatoms. The Hall–Kier alpha value is -1.80. The lowest BCUT2D eigenvalue weighted by atomic mass is 10.1. The van der Waals surface area contributed by atoms with Crippen molar-refractivity contribution in [3.05, 3.63) is 23.0 Å². The minimum Gasteiger partial charge on any atom is -0.505 e. The van der Waals surface area contributed by atoms with Gasteiger partial charge in [-0.05, 0) is 18.6 Å². The zero-order valence-corrected chi connectivity index (χ0v) is 8.65. The second kappa shape index (κ2) is 3.11. The van der Waals surface area contributed by atoms with Crippen LogP contribution in [0.3, 0.4) is 0 Å². The van der Waals surface area contributed by atoms with Gasteiger partial charge in [-0.15, -0.1) is 11.3 Å². The Morgan fingerprint density at radius 1 is 1.60 bits per heavy atom. The molecule has 2 rings (SSSR count). The molecule has 0 unspecified atom stereocenters. The summed E-state index contributed by atoms with van der Waals surface area (Å²) in [5.41, 5.74) is 6.53. The number of phenols is 1. The first-order valence-corrected chi connectivity index (χ1v) is 4.98. The van der Waals surface area contributed by atoms with Crippen molar-refractivity contribution < 1.29 is 9.50 Å². The summed E-state index contributed by atoms with van der Waals surface area (Å²) in [5.74, 6) is -1.13. The Morgan fingerprint density at radius 2 is 2.27 bits per heavy atom. The molecule has 3 nitrogen and oxygen atoms in total. The molecule has 76 valence electrons. The molecule has 0 saturated carbocycles. The lowest BCUT2D eigenvalue weighted by molar-refractivity contribution is 0.436. The molecule has 0 aliphatic carbocycles. The van der Waals surface area contributed by atoms with E-state index in [0.717, 1.165) is 11.3 Å². The third-order valence-electron chi connectivity index (χ3n) is 2.22. The highest BCUT2D eigenvalue weighted by atomic mass is 32.1. The Balaban J connectivity index is 3.04. The highest BCUT2D eigenvalue weighted by Gasteiger charge is 2.17. The number of nitrogen functional groups attached to an aromatic ring is 1. The molecule has 0 saturated heterocycles. The number of nitrogens with zero attached hydrogens (tertiary/aromatic N) is 1. The van der Waals surface area contributed by atoms with E-state index in [1.165, 1.54) is 6.07 Å². The summed E-state index contributed by atoms with van der Waals surface area (Å²) >= 11 is 0.979. The van der Waals surface area contributed by atoms with Gasteiger partial charge < -0.3 is 10.8 Å². The molecule has 0 bridgehead atoms. The molecular weight excluding hydrogens is 215 g/mol. The molecule has 0 amide bonds. The van der Waals surface area contributed by atoms with Crippen LogP contribution >= 0.6 is 11.3 Å².